The number of nitrogens with two attached hydrogens (primary N) is 1. The highest BCUT2D eigenvalue weighted by molar-refractivity contribution is 5.42. The lowest BCUT2D eigenvalue weighted by Gasteiger charge is -2.34. The van der Waals surface area contributed by atoms with Crippen LogP contribution in [-0.4, -0.2) is 4.57 Å². The molecule has 19 heavy (non-hydrogen) atoms. The topological polar surface area (TPSA) is 30.9 Å². The number of aromatic nitrogens is 1. The summed E-state index contributed by atoms with van der Waals surface area (Å²) >= 11 is 0. The molecule has 0 fully saturated rings. The second-order valence-corrected chi connectivity index (χ2v) is 6.57. The summed E-state index contributed by atoms with van der Waals surface area (Å²) in [5.74, 6) is 0. The molecule has 1 atom stereocenters. The lowest BCUT2D eigenvalue weighted by atomic mass is 9.74. The van der Waals surface area contributed by atoms with E-state index in [0.29, 0.717) is 0 Å². The molecule has 0 bridgehead atoms. The van der Waals surface area contributed by atoms with Crippen LogP contribution < -0.4 is 5.73 Å². The molecule has 1 aliphatic carbocycles. The molecule has 0 saturated carbocycles. The van der Waals surface area contributed by atoms with E-state index in [1.807, 2.05) is 0 Å². The molecule has 2 heteroatoms. The number of nitrogens with zero attached hydrogens (tertiary/aromatic N) is 1. The third-order valence-corrected chi connectivity index (χ3v) is 4.16. The third-order valence-electron chi connectivity index (χ3n) is 4.16. The fourth-order valence-corrected chi connectivity index (χ4v) is 3.18. The van der Waals surface area contributed by atoms with Crippen molar-refractivity contribution in [3.05, 3.63) is 53.3 Å². The maximum atomic E-state index is 6.32. The van der Waals surface area contributed by atoms with Gasteiger partial charge >= 0.3 is 0 Å². The Bertz CT molecular complexity index is 590. The summed E-state index contributed by atoms with van der Waals surface area (Å²) in [5.41, 5.74) is 11.8. The second kappa shape index (κ2) is 4.24. The molecule has 0 amide bonds. The molecule has 2 aromatic rings. The first kappa shape index (κ1) is 12.5. The van der Waals surface area contributed by atoms with Crippen molar-refractivity contribution in [1.29, 1.82) is 0 Å². The molecule has 1 aromatic heterocycles. The highest BCUT2D eigenvalue weighted by Crippen LogP contribution is 2.40. The minimum absolute atomic E-state index is 0.172. The van der Waals surface area contributed by atoms with Gasteiger partial charge in [-0.2, -0.15) is 0 Å². The van der Waals surface area contributed by atoms with E-state index in [4.69, 9.17) is 5.73 Å². The molecular weight excluding hydrogens is 232 g/mol. The van der Waals surface area contributed by atoms with Crippen LogP contribution in [0, 0.1) is 12.3 Å². The zero-order chi connectivity index (χ0) is 13.6. The van der Waals surface area contributed by atoms with Crippen LogP contribution in [0.2, 0.25) is 0 Å². The van der Waals surface area contributed by atoms with Crippen molar-refractivity contribution >= 4 is 0 Å². The quantitative estimate of drug-likeness (QED) is 0.825. The number of aryl methyl sites for hydroxylation is 1. The van der Waals surface area contributed by atoms with Gasteiger partial charge in [-0.15, -0.1) is 0 Å². The first-order chi connectivity index (χ1) is 8.96. The number of benzene rings is 1. The largest absolute Gasteiger partial charge is 0.324 e. The summed E-state index contributed by atoms with van der Waals surface area (Å²) in [7, 11) is 0. The van der Waals surface area contributed by atoms with Crippen LogP contribution >= 0.6 is 0 Å². The van der Waals surface area contributed by atoms with Crippen LogP contribution in [0.25, 0.3) is 5.69 Å². The number of hydrogen-bond acceptors (Lipinski definition) is 1. The van der Waals surface area contributed by atoms with Crippen LogP contribution in [0.1, 0.15) is 43.1 Å². The van der Waals surface area contributed by atoms with E-state index >= 15 is 0 Å². The van der Waals surface area contributed by atoms with Gasteiger partial charge in [0.1, 0.15) is 0 Å². The van der Waals surface area contributed by atoms with E-state index in [2.05, 4.69) is 61.9 Å². The molecule has 1 aromatic carbocycles. The molecule has 0 aliphatic heterocycles. The Morgan fingerprint density at radius 3 is 2.53 bits per heavy atom. The van der Waals surface area contributed by atoms with E-state index in [0.717, 1.165) is 12.8 Å². The van der Waals surface area contributed by atoms with Crippen molar-refractivity contribution in [3.8, 4) is 5.69 Å². The highest BCUT2D eigenvalue weighted by atomic mass is 15.0. The Hall–Kier alpha value is -1.54. The summed E-state index contributed by atoms with van der Waals surface area (Å²) in [6.45, 7) is 6.73. The molecule has 2 nitrogen and oxygen atoms in total. The van der Waals surface area contributed by atoms with Gasteiger partial charge in [-0.05, 0) is 48.9 Å². The predicted octanol–water partition coefficient (Wildman–Crippen LogP) is 3.76. The zero-order valence-electron chi connectivity index (χ0n) is 12.0. The summed E-state index contributed by atoms with van der Waals surface area (Å²) in [6, 6.07) is 11.1. The molecule has 0 spiro atoms. The first-order valence-electron chi connectivity index (χ1n) is 6.99. The Kier molecular flexibility index (Phi) is 2.79. The van der Waals surface area contributed by atoms with E-state index in [1.165, 1.54) is 22.5 Å². The molecule has 100 valence electrons. The van der Waals surface area contributed by atoms with Crippen molar-refractivity contribution in [2.75, 3.05) is 0 Å². The maximum absolute atomic E-state index is 6.32. The summed E-state index contributed by atoms with van der Waals surface area (Å²) in [4.78, 5) is 0. The van der Waals surface area contributed by atoms with E-state index in [1.54, 1.807) is 0 Å². The normalized spacial score (nSPS) is 21.2. The monoisotopic (exact) mass is 254 g/mol. The van der Waals surface area contributed by atoms with Gasteiger partial charge < -0.3 is 10.3 Å². The molecule has 1 aliphatic rings. The maximum Gasteiger partial charge on any atom is 0.0452 e. The van der Waals surface area contributed by atoms with Crippen LogP contribution in [0.5, 0.6) is 0 Å². The Morgan fingerprint density at radius 2 is 1.84 bits per heavy atom. The summed E-state index contributed by atoms with van der Waals surface area (Å²) in [6.07, 6.45) is 4.32. The van der Waals surface area contributed by atoms with E-state index in [9.17, 15) is 0 Å². The Labute approximate surface area is 115 Å². The van der Waals surface area contributed by atoms with Crippen molar-refractivity contribution in [2.45, 2.75) is 39.7 Å². The van der Waals surface area contributed by atoms with Gasteiger partial charge in [-0.3, -0.25) is 0 Å². The zero-order valence-corrected chi connectivity index (χ0v) is 12.0. The number of fused-ring (bicyclic) bond motifs is 1. The number of hydrogen-bond donors (Lipinski definition) is 1. The van der Waals surface area contributed by atoms with Gasteiger partial charge in [0.15, 0.2) is 0 Å². The Balaban J connectivity index is 2.08. The van der Waals surface area contributed by atoms with Gasteiger partial charge in [0.2, 0.25) is 0 Å². The fourth-order valence-electron chi connectivity index (χ4n) is 3.18. The van der Waals surface area contributed by atoms with Gasteiger partial charge in [-0.1, -0.05) is 31.5 Å². The minimum Gasteiger partial charge on any atom is -0.324 e. The smallest absolute Gasteiger partial charge is 0.0452 e. The molecule has 0 saturated heterocycles. The fraction of sp³-hybridized carbons (Fsp3) is 0.412. The molecule has 2 N–H and O–H groups in total. The Morgan fingerprint density at radius 1 is 1.16 bits per heavy atom. The van der Waals surface area contributed by atoms with Crippen molar-refractivity contribution in [1.82, 2.24) is 4.57 Å². The minimum atomic E-state index is 0.172. The van der Waals surface area contributed by atoms with E-state index < -0.39 is 0 Å². The summed E-state index contributed by atoms with van der Waals surface area (Å²) < 4.78 is 2.30. The van der Waals surface area contributed by atoms with Crippen LogP contribution in [-0.2, 0) is 6.42 Å². The molecule has 0 radical (unpaired) electrons. The standard InChI is InChI=1S/C17H22N2/c1-12-4-6-13(7-5-12)19-9-8-14-15(18)10-17(2,3)11-16(14)19/h4-9,15H,10-11,18H2,1-3H3. The van der Waals surface area contributed by atoms with Crippen LogP contribution in [0.4, 0.5) is 0 Å². The first-order valence-corrected chi connectivity index (χ1v) is 6.99. The lowest BCUT2D eigenvalue weighted by Crippen LogP contribution is -2.30. The van der Waals surface area contributed by atoms with E-state index in [-0.39, 0.29) is 11.5 Å². The average Bonchev–Trinajstić information content (AvgIpc) is 2.72. The lowest BCUT2D eigenvalue weighted by molar-refractivity contribution is 0.278. The van der Waals surface area contributed by atoms with Gasteiger partial charge in [0, 0.05) is 23.6 Å². The van der Waals surface area contributed by atoms with Gasteiger partial charge in [0.05, 0.1) is 0 Å². The molecular formula is C17H22N2. The van der Waals surface area contributed by atoms with Crippen molar-refractivity contribution < 1.29 is 0 Å². The highest BCUT2D eigenvalue weighted by Gasteiger charge is 2.32. The van der Waals surface area contributed by atoms with Crippen molar-refractivity contribution in [2.24, 2.45) is 11.1 Å². The number of rotatable bonds is 1. The van der Waals surface area contributed by atoms with Crippen LogP contribution in [0.15, 0.2) is 36.5 Å². The van der Waals surface area contributed by atoms with Gasteiger partial charge in [-0.25, -0.2) is 0 Å². The summed E-state index contributed by atoms with van der Waals surface area (Å²) in [5, 5.41) is 0. The predicted molar refractivity (Wildman–Crippen MR) is 79.5 cm³/mol. The third kappa shape index (κ3) is 2.21. The van der Waals surface area contributed by atoms with Crippen molar-refractivity contribution in [3.63, 3.8) is 0 Å². The second-order valence-electron chi connectivity index (χ2n) is 6.57. The SMILES string of the molecule is Cc1ccc(-n2ccc3c2CC(C)(C)CC3N)cc1. The van der Waals surface area contributed by atoms with Crippen LogP contribution in [0.3, 0.4) is 0 Å². The van der Waals surface area contributed by atoms with Gasteiger partial charge in [0.25, 0.3) is 0 Å². The molecule has 1 heterocycles. The average molecular weight is 254 g/mol. The molecule has 3 rings (SSSR count). The molecule has 1 unspecified atom stereocenters.